The van der Waals surface area contributed by atoms with Crippen LogP contribution in [0, 0.1) is 11.3 Å². The molecule has 3 N–H and O–H groups in total. The fraction of sp³-hybridized carbons (Fsp3) is 0.154. The summed E-state index contributed by atoms with van der Waals surface area (Å²) in [5.41, 5.74) is 6.85. The minimum absolute atomic E-state index is 0.314. The van der Waals surface area contributed by atoms with E-state index in [-0.39, 0.29) is 5.91 Å². The number of nitriles is 1. The van der Waals surface area contributed by atoms with Gasteiger partial charge in [0.15, 0.2) is 0 Å². The Morgan fingerprint density at radius 2 is 2.35 bits per heavy atom. The predicted molar refractivity (Wildman–Crippen MR) is 78.1 cm³/mol. The zero-order valence-corrected chi connectivity index (χ0v) is 12.1. The number of hydrogen-bond donors (Lipinski definition) is 2. The van der Waals surface area contributed by atoms with Crippen LogP contribution in [0.5, 0.6) is 0 Å². The van der Waals surface area contributed by atoms with Crippen molar-refractivity contribution < 1.29 is 4.79 Å². The molecule has 0 fully saturated rings. The van der Waals surface area contributed by atoms with E-state index in [2.05, 4.69) is 26.2 Å². The van der Waals surface area contributed by atoms with Gasteiger partial charge in [0.05, 0.1) is 23.6 Å². The number of hydrogen-bond acceptors (Lipinski definition) is 4. The van der Waals surface area contributed by atoms with Gasteiger partial charge in [-0.25, -0.2) is 4.98 Å². The van der Waals surface area contributed by atoms with Gasteiger partial charge in [0.1, 0.15) is 5.69 Å². The lowest BCUT2D eigenvalue weighted by Gasteiger charge is -2.05. The molecule has 6 nitrogen and oxygen atoms in total. The highest BCUT2D eigenvalue weighted by Crippen LogP contribution is 2.23. The average Bonchev–Trinajstić information content (AvgIpc) is 2.90. The fourth-order valence-corrected chi connectivity index (χ4v) is 2.10. The summed E-state index contributed by atoms with van der Waals surface area (Å²) in [5.74, 6) is -0.314. The Balaban J connectivity index is 2.13. The van der Waals surface area contributed by atoms with E-state index < -0.39 is 0 Å². The predicted octanol–water partition coefficient (Wildman–Crippen LogP) is 1.73. The van der Waals surface area contributed by atoms with E-state index in [9.17, 15) is 4.79 Å². The Morgan fingerprint density at radius 3 is 3.00 bits per heavy atom. The van der Waals surface area contributed by atoms with Crippen molar-refractivity contribution in [2.24, 2.45) is 5.73 Å². The van der Waals surface area contributed by atoms with Crippen molar-refractivity contribution in [3.63, 3.8) is 0 Å². The summed E-state index contributed by atoms with van der Waals surface area (Å²) in [6.07, 6.45) is 3.20. The molecule has 2 aromatic rings. The number of benzene rings is 1. The summed E-state index contributed by atoms with van der Waals surface area (Å²) in [4.78, 5) is 16.1. The van der Waals surface area contributed by atoms with Crippen molar-refractivity contribution in [3.8, 4) is 6.07 Å². The van der Waals surface area contributed by atoms with Gasteiger partial charge in [-0.05, 0) is 34.1 Å². The Bertz CT molecular complexity index is 674. The molecule has 20 heavy (non-hydrogen) atoms. The van der Waals surface area contributed by atoms with Crippen LogP contribution in [0.4, 0.5) is 5.69 Å². The number of imidazole rings is 1. The summed E-state index contributed by atoms with van der Waals surface area (Å²) in [6, 6.07) is 6.97. The standard InChI is InChI=1S/C13H12BrN5O/c14-10-5-9(6-16)1-2-11(10)18-13(20)12-7-19(4-3-15)8-17-12/h1-2,5,7-8H,3-4,15H2,(H,18,20). The second-order valence-corrected chi connectivity index (χ2v) is 4.90. The van der Waals surface area contributed by atoms with Gasteiger partial charge >= 0.3 is 0 Å². The Labute approximate surface area is 124 Å². The van der Waals surface area contributed by atoms with Gasteiger partial charge < -0.3 is 15.6 Å². The first-order chi connectivity index (χ1) is 9.63. The topological polar surface area (TPSA) is 96.7 Å². The quantitative estimate of drug-likeness (QED) is 0.890. The largest absolute Gasteiger partial charge is 0.335 e. The first-order valence-corrected chi connectivity index (χ1v) is 6.66. The zero-order valence-electron chi connectivity index (χ0n) is 10.5. The van der Waals surface area contributed by atoms with Crippen LogP contribution in [-0.2, 0) is 6.54 Å². The molecule has 1 heterocycles. The summed E-state index contributed by atoms with van der Waals surface area (Å²) in [7, 11) is 0. The van der Waals surface area contributed by atoms with Crippen LogP contribution in [-0.4, -0.2) is 22.0 Å². The normalized spacial score (nSPS) is 10.1. The molecular weight excluding hydrogens is 322 g/mol. The molecule has 0 radical (unpaired) electrons. The van der Waals surface area contributed by atoms with Crippen molar-refractivity contribution in [1.82, 2.24) is 9.55 Å². The van der Waals surface area contributed by atoms with Gasteiger partial charge in [0.25, 0.3) is 5.91 Å². The third kappa shape index (κ3) is 3.23. The maximum absolute atomic E-state index is 12.0. The third-order valence-corrected chi connectivity index (χ3v) is 3.26. The number of rotatable bonds is 4. The molecule has 1 aromatic heterocycles. The molecule has 2 rings (SSSR count). The van der Waals surface area contributed by atoms with Crippen LogP contribution in [0.25, 0.3) is 0 Å². The number of nitrogens with one attached hydrogen (secondary N) is 1. The van der Waals surface area contributed by atoms with E-state index in [1.54, 1.807) is 35.3 Å². The summed E-state index contributed by atoms with van der Waals surface area (Å²) >= 11 is 3.31. The molecule has 7 heteroatoms. The first-order valence-electron chi connectivity index (χ1n) is 5.87. The van der Waals surface area contributed by atoms with Crippen molar-refractivity contribution >= 4 is 27.5 Å². The number of carbonyl (C=O) groups excluding carboxylic acids is 1. The maximum atomic E-state index is 12.0. The maximum Gasteiger partial charge on any atom is 0.275 e. The SMILES string of the molecule is N#Cc1ccc(NC(=O)c2cn(CCN)cn2)c(Br)c1. The number of aromatic nitrogens is 2. The van der Waals surface area contributed by atoms with Gasteiger partial charge in [0.2, 0.25) is 0 Å². The highest BCUT2D eigenvalue weighted by molar-refractivity contribution is 9.10. The third-order valence-electron chi connectivity index (χ3n) is 2.60. The van der Waals surface area contributed by atoms with E-state index in [4.69, 9.17) is 11.0 Å². The molecule has 0 atom stereocenters. The lowest BCUT2D eigenvalue weighted by atomic mass is 10.2. The fourth-order valence-electron chi connectivity index (χ4n) is 1.62. The summed E-state index contributed by atoms with van der Waals surface area (Å²) < 4.78 is 2.40. The highest BCUT2D eigenvalue weighted by atomic mass is 79.9. The van der Waals surface area contributed by atoms with Crippen molar-refractivity contribution in [2.45, 2.75) is 6.54 Å². The van der Waals surface area contributed by atoms with Gasteiger partial charge in [0, 0.05) is 23.8 Å². The first kappa shape index (κ1) is 14.2. The Hall–Kier alpha value is -2.17. The lowest BCUT2D eigenvalue weighted by molar-refractivity contribution is 0.102. The molecule has 0 aliphatic rings. The molecule has 102 valence electrons. The van der Waals surface area contributed by atoms with Crippen LogP contribution in [0.1, 0.15) is 16.1 Å². The van der Waals surface area contributed by atoms with E-state index in [1.165, 1.54) is 0 Å². The van der Waals surface area contributed by atoms with Crippen molar-refractivity contribution in [2.75, 3.05) is 11.9 Å². The number of nitrogens with two attached hydrogens (primary N) is 1. The summed E-state index contributed by atoms with van der Waals surface area (Å²) in [5, 5.41) is 11.5. The molecule has 1 aromatic carbocycles. The molecule has 0 unspecified atom stereocenters. The van der Waals surface area contributed by atoms with E-state index in [0.717, 1.165) is 0 Å². The second kappa shape index (κ2) is 6.32. The average molecular weight is 334 g/mol. The van der Waals surface area contributed by atoms with Gasteiger partial charge in [-0.1, -0.05) is 0 Å². The van der Waals surface area contributed by atoms with Gasteiger partial charge in [-0.2, -0.15) is 5.26 Å². The number of carbonyl (C=O) groups is 1. The molecule has 1 amide bonds. The molecule has 0 saturated heterocycles. The monoisotopic (exact) mass is 333 g/mol. The molecular formula is C13H12BrN5O. The van der Waals surface area contributed by atoms with Gasteiger partial charge in [-0.15, -0.1) is 0 Å². The number of nitrogens with zero attached hydrogens (tertiary/aromatic N) is 3. The number of halogens is 1. The minimum atomic E-state index is -0.314. The van der Waals surface area contributed by atoms with E-state index in [1.807, 2.05) is 6.07 Å². The molecule has 0 spiro atoms. The lowest BCUT2D eigenvalue weighted by Crippen LogP contribution is -2.13. The van der Waals surface area contributed by atoms with Crippen LogP contribution >= 0.6 is 15.9 Å². The Morgan fingerprint density at radius 1 is 1.55 bits per heavy atom. The zero-order chi connectivity index (χ0) is 14.5. The smallest absolute Gasteiger partial charge is 0.275 e. The van der Waals surface area contributed by atoms with Crippen LogP contribution < -0.4 is 11.1 Å². The summed E-state index contributed by atoms with van der Waals surface area (Å²) in [6.45, 7) is 1.10. The minimum Gasteiger partial charge on any atom is -0.335 e. The van der Waals surface area contributed by atoms with Gasteiger partial charge in [-0.3, -0.25) is 4.79 Å². The molecule has 0 aliphatic heterocycles. The van der Waals surface area contributed by atoms with E-state index in [0.29, 0.717) is 34.5 Å². The number of anilines is 1. The second-order valence-electron chi connectivity index (χ2n) is 4.05. The molecule has 0 bridgehead atoms. The van der Waals surface area contributed by atoms with Crippen LogP contribution in [0.2, 0.25) is 0 Å². The van der Waals surface area contributed by atoms with E-state index >= 15 is 0 Å². The highest BCUT2D eigenvalue weighted by Gasteiger charge is 2.11. The van der Waals surface area contributed by atoms with Crippen LogP contribution in [0.3, 0.4) is 0 Å². The molecule has 0 aliphatic carbocycles. The number of amides is 1. The Kier molecular flexibility index (Phi) is 4.50. The van der Waals surface area contributed by atoms with Crippen molar-refractivity contribution in [1.29, 1.82) is 5.26 Å². The molecule has 0 saturated carbocycles. The van der Waals surface area contributed by atoms with Crippen molar-refractivity contribution in [3.05, 3.63) is 46.5 Å². The van der Waals surface area contributed by atoms with Crippen LogP contribution in [0.15, 0.2) is 35.2 Å².